The van der Waals surface area contributed by atoms with Crippen LogP contribution < -0.4 is 5.73 Å². The van der Waals surface area contributed by atoms with Gasteiger partial charge in [-0.3, -0.25) is 9.59 Å². The molecule has 148 valence electrons. The number of carbonyl (C=O) groups excluding carboxylic acids is 2. The maximum Gasteiger partial charge on any atom is 0.243 e. The van der Waals surface area contributed by atoms with E-state index in [-0.39, 0.29) is 41.6 Å². The van der Waals surface area contributed by atoms with Gasteiger partial charge < -0.3 is 10.6 Å². The molecular formula is C19H27N3O4S. The van der Waals surface area contributed by atoms with Crippen molar-refractivity contribution in [2.75, 3.05) is 26.2 Å². The Morgan fingerprint density at radius 2 is 1.67 bits per heavy atom. The highest BCUT2D eigenvalue weighted by Gasteiger charge is 2.34. The molecule has 2 N–H and O–H groups in total. The van der Waals surface area contributed by atoms with Crippen molar-refractivity contribution in [1.82, 2.24) is 9.21 Å². The van der Waals surface area contributed by atoms with Crippen LogP contribution in [0.3, 0.4) is 0 Å². The number of ketones is 1. The van der Waals surface area contributed by atoms with E-state index in [0.29, 0.717) is 18.7 Å². The number of nitrogens with two attached hydrogens (primary N) is 1. The Kier molecular flexibility index (Phi) is 5.98. The summed E-state index contributed by atoms with van der Waals surface area (Å²) in [4.78, 5) is 26.0. The molecule has 0 bridgehead atoms. The topological polar surface area (TPSA) is 101 Å². The third-order valence-corrected chi connectivity index (χ3v) is 7.43. The molecule has 1 saturated carbocycles. The second-order valence-electron chi connectivity index (χ2n) is 7.43. The van der Waals surface area contributed by atoms with Gasteiger partial charge in [0, 0.05) is 43.7 Å². The van der Waals surface area contributed by atoms with E-state index in [9.17, 15) is 18.0 Å². The van der Waals surface area contributed by atoms with Gasteiger partial charge in [-0.2, -0.15) is 4.31 Å². The number of piperazine rings is 1. The minimum absolute atomic E-state index is 0.0315. The third kappa shape index (κ3) is 4.39. The van der Waals surface area contributed by atoms with Gasteiger partial charge in [0.2, 0.25) is 15.9 Å². The van der Waals surface area contributed by atoms with Crippen LogP contribution >= 0.6 is 0 Å². The molecule has 1 aromatic carbocycles. The Morgan fingerprint density at radius 3 is 2.22 bits per heavy atom. The summed E-state index contributed by atoms with van der Waals surface area (Å²) in [6.07, 6.45) is 3.54. The third-order valence-electron chi connectivity index (χ3n) is 5.51. The SMILES string of the molecule is CC(=O)c1ccc(S(=O)(=O)N2CCN(C(=O)C3CCCC(N)C3)CC2)cc1. The zero-order valence-corrected chi connectivity index (χ0v) is 16.5. The molecule has 3 rings (SSSR count). The minimum atomic E-state index is -3.62. The molecule has 0 spiro atoms. The second-order valence-corrected chi connectivity index (χ2v) is 9.37. The highest BCUT2D eigenvalue weighted by atomic mass is 32.2. The molecule has 8 heteroatoms. The molecule has 1 aliphatic heterocycles. The van der Waals surface area contributed by atoms with Crippen LogP contribution in [-0.2, 0) is 14.8 Å². The van der Waals surface area contributed by atoms with Crippen LogP contribution in [0.1, 0.15) is 43.0 Å². The fraction of sp³-hybridized carbons (Fsp3) is 0.579. The van der Waals surface area contributed by atoms with Crippen molar-refractivity contribution in [3.05, 3.63) is 29.8 Å². The minimum Gasteiger partial charge on any atom is -0.340 e. The molecule has 1 amide bonds. The maximum atomic E-state index is 12.8. The fourth-order valence-electron chi connectivity index (χ4n) is 3.87. The molecule has 1 aromatic rings. The average molecular weight is 394 g/mol. The van der Waals surface area contributed by atoms with Gasteiger partial charge in [0.1, 0.15) is 0 Å². The van der Waals surface area contributed by atoms with Crippen molar-refractivity contribution < 1.29 is 18.0 Å². The lowest BCUT2D eigenvalue weighted by molar-refractivity contribution is -0.137. The highest BCUT2D eigenvalue weighted by Crippen LogP contribution is 2.26. The largest absolute Gasteiger partial charge is 0.340 e. The zero-order chi connectivity index (χ0) is 19.6. The van der Waals surface area contributed by atoms with E-state index >= 15 is 0 Å². The summed E-state index contributed by atoms with van der Waals surface area (Å²) in [6.45, 7) is 2.80. The lowest BCUT2D eigenvalue weighted by Crippen LogP contribution is -2.52. The van der Waals surface area contributed by atoms with Gasteiger partial charge >= 0.3 is 0 Å². The quantitative estimate of drug-likeness (QED) is 0.776. The highest BCUT2D eigenvalue weighted by molar-refractivity contribution is 7.89. The number of hydrogen-bond donors (Lipinski definition) is 1. The van der Waals surface area contributed by atoms with E-state index in [1.165, 1.54) is 35.5 Å². The van der Waals surface area contributed by atoms with Crippen molar-refractivity contribution >= 4 is 21.7 Å². The van der Waals surface area contributed by atoms with Crippen molar-refractivity contribution in [3.8, 4) is 0 Å². The Balaban J connectivity index is 1.62. The summed E-state index contributed by atoms with van der Waals surface area (Å²) >= 11 is 0. The van der Waals surface area contributed by atoms with Gasteiger partial charge in [-0.1, -0.05) is 18.6 Å². The summed E-state index contributed by atoms with van der Waals surface area (Å²) in [5.41, 5.74) is 6.47. The molecule has 0 radical (unpaired) electrons. The zero-order valence-electron chi connectivity index (χ0n) is 15.6. The van der Waals surface area contributed by atoms with Crippen LogP contribution in [0.15, 0.2) is 29.2 Å². The lowest BCUT2D eigenvalue weighted by atomic mass is 9.85. The molecule has 0 aromatic heterocycles. The predicted octanol–water partition coefficient (Wildman–Crippen LogP) is 1.24. The summed E-state index contributed by atoms with van der Waals surface area (Å²) in [7, 11) is -3.62. The number of Topliss-reactive ketones (excluding diaryl/α,β-unsaturated/α-hetero) is 1. The molecule has 7 nitrogen and oxygen atoms in total. The first-order valence-electron chi connectivity index (χ1n) is 9.44. The average Bonchev–Trinajstić information content (AvgIpc) is 2.67. The predicted molar refractivity (Wildman–Crippen MR) is 102 cm³/mol. The summed E-state index contributed by atoms with van der Waals surface area (Å²) < 4.78 is 27.0. The number of amides is 1. The first-order valence-corrected chi connectivity index (χ1v) is 10.9. The Labute approximate surface area is 160 Å². The van der Waals surface area contributed by atoms with Crippen molar-refractivity contribution in [1.29, 1.82) is 0 Å². The van der Waals surface area contributed by atoms with Crippen LogP contribution in [0.2, 0.25) is 0 Å². The lowest BCUT2D eigenvalue weighted by Gasteiger charge is -2.37. The first kappa shape index (κ1) is 20.0. The molecule has 1 aliphatic carbocycles. The molecule has 1 saturated heterocycles. The van der Waals surface area contributed by atoms with E-state index < -0.39 is 10.0 Å². The van der Waals surface area contributed by atoms with Crippen LogP contribution in [-0.4, -0.2) is 61.5 Å². The van der Waals surface area contributed by atoms with Gasteiger partial charge in [-0.25, -0.2) is 8.42 Å². The molecule has 27 heavy (non-hydrogen) atoms. The van der Waals surface area contributed by atoms with Crippen molar-refractivity contribution in [2.45, 2.75) is 43.5 Å². The van der Waals surface area contributed by atoms with Crippen molar-refractivity contribution in [2.24, 2.45) is 11.7 Å². The van der Waals surface area contributed by atoms with E-state index in [2.05, 4.69) is 0 Å². The number of benzene rings is 1. The van der Waals surface area contributed by atoms with Crippen molar-refractivity contribution in [3.63, 3.8) is 0 Å². The summed E-state index contributed by atoms with van der Waals surface area (Å²) in [5, 5.41) is 0. The molecule has 2 fully saturated rings. The molecule has 1 heterocycles. The molecule has 2 aliphatic rings. The Hall–Kier alpha value is -1.77. The number of rotatable bonds is 4. The monoisotopic (exact) mass is 393 g/mol. The van der Waals surface area contributed by atoms with E-state index in [1.54, 1.807) is 4.90 Å². The molecular weight excluding hydrogens is 366 g/mol. The van der Waals surface area contributed by atoms with Crippen LogP contribution in [0.25, 0.3) is 0 Å². The Morgan fingerprint density at radius 1 is 1.04 bits per heavy atom. The molecule has 2 atom stereocenters. The first-order chi connectivity index (χ1) is 12.8. The van der Waals surface area contributed by atoms with Crippen LogP contribution in [0.5, 0.6) is 0 Å². The van der Waals surface area contributed by atoms with Gasteiger partial charge in [-0.05, 0) is 38.3 Å². The van der Waals surface area contributed by atoms with Crippen LogP contribution in [0.4, 0.5) is 0 Å². The standard InChI is InChI=1S/C19H27N3O4S/c1-14(23)15-5-7-18(8-6-15)27(25,26)22-11-9-21(10-12-22)19(24)16-3-2-4-17(20)13-16/h5-8,16-17H,2-4,9-13,20H2,1H3. The van der Waals surface area contributed by atoms with Gasteiger partial charge in [0.15, 0.2) is 5.78 Å². The normalized spacial score (nSPS) is 24.6. The second kappa shape index (κ2) is 8.08. The van der Waals surface area contributed by atoms with E-state index in [0.717, 1.165) is 25.7 Å². The number of sulfonamides is 1. The smallest absolute Gasteiger partial charge is 0.243 e. The number of nitrogens with zero attached hydrogens (tertiary/aromatic N) is 2. The maximum absolute atomic E-state index is 12.8. The van der Waals surface area contributed by atoms with E-state index in [1.807, 2.05) is 0 Å². The summed E-state index contributed by atoms with van der Waals surface area (Å²) in [6, 6.07) is 6.08. The van der Waals surface area contributed by atoms with Gasteiger partial charge in [-0.15, -0.1) is 0 Å². The summed E-state index contributed by atoms with van der Waals surface area (Å²) in [5.74, 6) is -0.0300. The van der Waals surface area contributed by atoms with Crippen LogP contribution in [0, 0.1) is 5.92 Å². The Bertz CT molecular complexity index is 799. The number of carbonyl (C=O) groups is 2. The fourth-order valence-corrected chi connectivity index (χ4v) is 5.29. The van der Waals surface area contributed by atoms with Gasteiger partial charge in [0.25, 0.3) is 0 Å². The number of hydrogen-bond acceptors (Lipinski definition) is 5. The van der Waals surface area contributed by atoms with Gasteiger partial charge in [0.05, 0.1) is 4.90 Å². The molecule has 2 unspecified atom stereocenters. The van der Waals surface area contributed by atoms with E-state index in [4.69, 9.17) is 5.73 Å².